The molecule has 0 atom stereocenters. The predicted molar refractivity (Wildman–Crippen MR) is 61.6 cm³/mol. The van der Waals surface area contributed by atoms with Crippen LogP contribution in [-0.4, -0.2) is 22.4 Å². The number of furan rings is 1. The zero-order valence-corrected chi connectivity index (χ0v) is 9.84. The van der Waals surface area contributed by atoms with E-state index in [2.05, 4.69) is 5.10 Å². The molecule has 5 heteroatoms. The molecule has 0 aliphatic carbocycles. The van der Waals surface area contributed by atoms with Crippen molar-refractivity contribution in [1.29, 1.82) is 0 Å². The van der Waals surface area contributed by atoms with Crippen molar-refractivity contribution < 1.29 is 13.9 Å². The van der Waals surface area contributed by atoms with Crippen molar-refractivity contribution in [2.24, 2.45) is 0 Å². The maximum atomic E-state index is 11.8. The van der Waals surface area contributed by atoms with Gasteiger partial charge in [0.1, 0.15) is 11.3 Å². The molecule has 90 valence electrons. The molecule has 0 saturated heterocycles. The molecule has 0 saturated carbocycles. The number of rotatable bonds is 4. The smallest absolute Gasteiger partial charge is 0.342 e. The molecule has 0 N–H and O–H groups in total. The summed E-state index contributed by atoms with van der Waals surface area (Å²) in [6.07, 6.45) is 3.23. The molecule has 0 bridgehead atoms. The van der Waals surface area contributed by atoms with Gasteiger partial charge in [-0.25, -0.2) is 4.79 Å². The molecule has 2 rings (SSSR count). The Kier molecular flexibility index (Phi) is 3.27. The number of esters is 1. The maximum Gasteiger partial charge on any atom is 0.342 e. The highest BCUT2D eigenvalue weighted by Crippen LogP contribution is 2.23. The van der Waals surface area contributed by atoms with Gasteiger partial charge in [0.25, 0.3) is 0 Å². The van der Waals surface area contributed by atoms with Crippen molar-refractivity contribution in [1.82, 2.24) is 9.78 Å². The number of carbonyl (C=O) groups excluding carboxylic acids is 1. The normalized spacial score (nSPS) is 10.5. The molecule has 0 aliphatic heterocycles. The number of aryl methyl sites for hydroxylation is 1. The molecule has 0 radical (unpaired) electrons. The van der Waals surface area contributed by atoms with E-state index in [0.29, 0.717) is 30.2 Å². The van der Waals surface area contributed by atoms with Crippen molar-refractivity contribution >= 4 is 5.97 Å². The summed E-state index contributed by atoms with van der Waals surface area (Å²) >= 11 is 0. The summed E-state index contributed by atoms with van der Waals surface area (Å²) in [4.78, 5) is 11.8. The van der Waals surface area contributed by atoms with E-state index in [1.807, 2.05) is 6.92 Å². The Balaban J connectivity index is 2.43. The fraction of sp³-hybridized carbons (Fsp3) is 0.333. The van der Waals surface area contributed by atoms with E-state index < -0.39 is 0 Å². The largest absolute Gasteiger partial charge is 0.463 e. The minimum absolute atomic E-state index is 0.341. The molecular formula is C12H14N2O3. The lowest BCUT2D eigenvalue weighted by molar-refractivity contribution is 0.0527. The van der Waals surface area contributed by atoms with Gasteiger partial charge < -0.3 is 9.15 Å². The fourth-order valence-electron chi connectivity index (χ4n) is 1.54. The first kappa shape index (κ1) is 11.4. The Hall–Kier alpha value is -2.04. The van der Waals surface area contributed by atoms with E-state index >= 15 is 0 Å². The highest BCUT2D eigenvalue weighted by molar-refractivity contribution is 5.95. The Labute approximate surface area is 99.0 Å². The van der Waals surface area contributed by atoms with Gasteiger partial charge in [-0.2, -0.15) is 5.10 Å². The van der Waals surface area contributed by atoms with Crippen LogP contribution in [0.1, 0.15) is 24.2 Å². The molecule has 0 aliphatic rings. The molecule has 0 spiro atoms. The number of ether oxygens (including phenoxy) is 1. The predicted octanol–water partition coefficient (Wildman–Crippen LogP) is 2.34. The Morgan fingerprint density at radius 1 is 1.53 bits per heavy atom. The third-order valence-electron chi connectivity index (χ3n) is 2.34. The monoisotopic (exact) mass is 234 g/mol. The first-order valence-corrected chi connectivity index (χ1v) is 5.54. The molecule has 17 heavy (non-hydrogen) atoms. The average Bonchev–Trinajstić information content (AvgIpc) is 2.98. The summed E-state index contributed by atoms with van der Waals surface area (Å²) in [5.74, 6) is 0.193. The van der Waals surface area contributed by atoms with Gasteiger partial charge in [-0.3, -0.25) is 4.68 Å². The zero-order valence-electron chi connectivity index (χ0n) is 9.84. The number of carbonyl (C=O) groups is 1. The van der Waals surface area contributed by atoms with Crippen molar-refractivity contribution in [2.75, 3.05) is 6.61 Å². The van der Waals surface area contributed by atoms with E-state index in [4.69, 9.17) is 9.15 Å². The lowest BCUT2D eigenvalue weighted by Crippen LogP contribution is -2.04. The Morgan fingerprint density at radius 2 is 2.35 bits per heavy atom. The summed E-state index contributed by atoms with van der Waals surface area (Å²) in [5.41, 5.74) is 0.957. The second kappa shape index (κ2) is 4.86. The van der Waals surface area contributed by atoms with E-state index in [1.54, 1.807) is 36.2 Å². The van der Waals surface area contributed by atoms with Crippen LogP contribution in [0.25, 0.3) is 11.5 Å². The van der Waals surface area contributed by atoms with Gasteiger partial charge in [0.15, 0.2) is 5.76 Å². The third-order valence-corrected chi connectivity index (χ3v) is 2.34. The standard InChI is InChI=1S/C12H14N2O3/c1-3-14-8-9(12(15)16-4-2)11(13-14)10-6-5-7-17-10/h5-8H,3-4H2,1-2H3. The van der Waals surface area contributed by atoms with Gasteiger partial charge in [0.05, 0.1) is 12.9 Å². The molecule has 0 fully saturated rings. The topological polar surface area (TPSA) is 57.3 Å². The minimum Gasteiger partial charge on any atom is -0.463 e. The highest BCUT2D eigenvalue weighted by atomic mass is 16.5. The van der Waals surface area contributed by atoms with Crippen molar-refractivity contribution in [3.8, 4) is 11.5 Å². The summed E-state index contributed by atoms with van der Waals surface area (Å²) in [7, 11) is 0. The summed E-state index contributed by atoms with van der Waals surface area (Å²) < 4.78 is 11.9. The van der Waals surface area contributed by atoms with Gasteiger partial charge in [-0.05, 0) is 26.0 Å². The van der Waals surface area contributed by atoms with E-state index in [-0.39, 0.29) is 5.97 Å². The van der Waals surface area contributed by atoms with E-state index in [1.165, 1.54) is 0 Å². The van der Waals surface area contributed by atoms with Gasteiger partial charge in [0, 0.05) is 12.7 Å². The molecule has 2 aromatic heterocycles. The lowest BCUT2D eigenvalue weighted by atomic mass is 10.2. The van der Waals surface area contributed by atoms with Gasteiger partial charge in [0.2, 0.25) is 0 Å². The Morgan fingerprint density at radius 3 is 2.94 bits per heavy atom. The van der Waals surface area contributed by atoms with Crippen LogP contribution < -0.4 is 0 Å². The maximum absolute atomic E-state index is 11.8. The van der Waals surface area contributed by atoms with E-state index in [0.717, 1.165) is 0 Å². The first-order valence-electron chi connectivity index (χ1n) is 5.54. The van der Waals surface area contributed by atoms with Crippen LogP contribution in [0.15, 0.2) is 29.0 Å². The quantitative estimate of drug-likeness (QED) is 0.762. The molecular weight excluding hydrogens is 220 g/mol. The van der Waals surface area contributed by atoms with Crippen molar-refractivity contribution in [3.05, 3.63) is 30.2 Å². The Bertz CT molecular complexity index is 500. The second-order valence-electron chi connectivity index (χ2n) is 3.44. The van der Waals surface area contributed by atoms with Crippen LogP contribution in [0.3, 0.4) is 0 Å². The summed E-state index contributed by atoms with van der Waals surface area (Å²) in [5, 5.41) is 4.30. The van der Waals surface area contributed by atoms with Crippen LogP contribution in [0, 0.1) is 0 Å². The molecule has 0 unspecified atom stereocenters. The third kappa shape index (κ3) is 2.22. The zero-order chi connectivity index (χ0) is 12.3. The number of hydrogen-bond donors (Lipinski definition) is 0. The van der Waals surface area contributed by atoms with Crippen LogP contribution in [0.2, 0.25) is 0 Å². The van der Waals surface area contributed by atoms with Gasteiger partial charge in [-0.15, -0.1) is 0 Å². The van der Waals surface area contributed by atoms with Crippen LogP contribution in [-0.2, 0) is 11.3 Å². The lowest BCUT2D eigenvalue weighted by Gasteiger charge is -1.99. The van der Waals surface area contributed by atoms with E-state index in [9.17, 15) is 4.79 Å². The van der Waals surface area contributed by atoms with Crippen LogP contribution in [0.5, 0.6) is 0 Å². The molecule has 5 nitrogen and oxygen atoms in total. The SMILES string of the molecule is CCOC(=O)c1cn(CC)nc1-c1ccco1. The van der Waals surface area contributed by atoms with Crippen LogP contribution in [0.4, 0.5) is 0 Å². The minimum atomic E-state index is -0.376. The molecule has 0 amide bonds. The number of nitrogens with zero attached hydrogens (tertiary/aromatic N) is 2. The summed E-state index contributed by atoms with van der Waals surface area (Å²) in [6.45, 7) is 4.75. The number of aromatic nitrogens is 2. The molecule has 0 aromatic carbocycles. The molecule has 2 heterocycles. The van der Waals surface area contributed by atoms with Gasteiger partial charge >= 0.3 is 5.97 Å². The average molecular weight is 234 g/mol. The molecule has 2 aromatic rings. The summed E-state index contributed by atoms with van der Waals surface area (Å²) in [6, 6.07) is 3.53. The number of hydrogen-bond acceptors (Lipinski definition) is 4. The van der Waals surface area contributed by atoms with Gasteiger partial charge in [-0.1, -0.05) is 0 Å². The first-order chi connectivity index (χ1) is 8.26. The van der Waals surface area contributed by atoms with Crippen molar-refractivity contribution in [2.45, 2.75) is 20.4 Å². The highest BCUT2D eigenvalue weighted by Gasteiger charge is 2.20. The van der Waals surface area contributed by atoms with Crippen molar-refractivity contribution in [3.63, 3.8) is 0 Å². The second-order valence-corrected chi connectivity index (χ2v) is 3.44. The fourth-order valence-corrected chi connectivity index (χ4v) is 1.54. The van der Waals surface area contributed by atoms with Crippen LogP contribution >= 0.6 is 0 Å².